The van der Waals surface area contributed by atoms with Crippen LogP contribution in [0.3, 0.4) is 0 Å². The van der Waals surface area contributed by atoms with E-state index in [0.29, 0.717) is 6.10 Å². The van der Waals surface area contributed by atoms with Gasteiger partial charge in [-0.05, 0) is 49.8 Å². The van der Waals surface area contributed by atoms with Crippen molar-refractivity contribution in [2.75, 3.05) is 7.11 Å². The Morgan fingerprint density at radius 1 is 1.19 bits per heavy atom. The maximum Gasteiger partial charge on any atom is 0.161 e. The summed E-state index contributed by atoms with van der Waals surface area (Å²) in [4.78, 5) is 0. The molecule has 1 aliphatic rings. The van der Waals surface area contributed by atoms with Crippen molar-refractivity contribution in [3.63, 3.8) is 0 Å². The third-order valence-electron chi connectivity index (χ3n) is 3.23. The van der Waals surface area contributed by atoms with Crippen LogP contribution < -0.4 is 9.47 Å². The van der Waals surface area contributed by atoms with Crippen LogP contribution in [0.25, 0.3) is 0 Å². The number of aryl methyl sites for hydroxylation is 1. The third kappa shape index (κ3) is 2.49. The molecule has 0 aliphatic heterocycles. The molecule has 1 aliphatic carbocycles. The lowest BCUT2D eigenvalue weighted by atomic mass is 10.1. The highest BCUT2D eigenvalue weighted by Crippen LogP contribution is 2.32. The zero-order chi connectivity index (χ0) is 11.4. The molecule has 0 aromatic heterocycles. The van der Waals surface area contributed by atoms with Crippen LogP contribution in [-0.2, 0) is 6.42 Å². The number of hydrogen-bond acceptors (Lipinski definition) is 2. The summed E-state index contributed by atoms with van der Waals surface area (Å²) < 4.78 is 11.3. The molecule has 0 spiro atoms. The van der Waals surface area contributed by atoms with Gasteiger partial charge in [0.25, 0.3) is 0 Å². The predicted molar refractivity (Wildman–Crippen MR) is 65.3 cm³/mol. The second kappa shape index (κ2) is 5.24. The molecule has 0 N–H and O–H groups in total. The maximum absolute atomic E-state index is 6.01. The molecule has 2 nitrogen and oxygen atoms in total. The summed E-state index contributed by atoms with van der Waals surface area (Å²) in [5.41, 5.74) is 1.30. The van der Waals surface area contributed by atoms with Crippen LogP contribution in [0.2, 0.25) is 0 Å². The fraction of sp³-hybridized carbons (Fsp3) is 0.571. The zero-order valence-corrected chi connectivity index (χ0v) is 10.2. The molecule has 1 aromatic carbocycles. The molecule has 1 fully saturated rings. The van der Waals surface area contributed by atoms with E-state index in [4.69, 9.17) is 9.47 Å². The maximum atomic E-state index is 6.01. The van der Waals surface area contributed by atoms with Crippen molar-refractivity contribution in [3.05, 3.63) is 23.8 Å². The monoisotopic (exact) mass is 220 g/mol. The summed E-state index contributed by atoms with van der Waals surface area (Å²) in [5, 5.41) is 0. The van der Waals surface area contributed by atoms with Crippen molar-refractivity contribution >= 4 is 0 Å². The summed E-state index contributed by atoms with van der Waals surface area (Å²) in [6.07, 6.45) is 6.37. The quantitative estimate of drug-likeness (QED) is 0.772. The average Bonchev–Trinajstić information content (AvgIpc) is 2.82. The van der Waals surface area contributed by atoms with E-state index < -0.39 is 0 Å². The Balaban J connectivity index is 2.15. The molecule has 2 heteroatoms. The van der Waals surface area contributed by atoms with Gasteiger partial charge < -0.3 is 9.47 Å². The zero-order valence-electron chi connectivity index (χ0n) is 10.2. The lowest BCUT2D eigenvalue weighted by molar-refractivity contribution is 0.200. The second-order valence-electron chi connectivity index (χ2n) is 4.36. The van der Waals surface area contributed by atoms with Crippen molar-refractivity contribution in [3.8, 4) is 11.5 Å². The van der Waals surface area contributed by atoms with E-state index in [-0.39, 0.29) is 0 Å². The summed E-state index contributed by atoms with van der Waals surface area (Å²) in [6.45, 7) is 2.15. The lowest BCUT2D eigenvalue weighted by Gasteiger charge is -2.16. The third-order valence-corrected chi connectivity index (χ3v) is 3.23. The lowest BCUT2D eigenvalue weighted by Crippen LogP contribution is -2.11. The molecule has 0 atom stereocenters. The van der Waals surface area contributed by atoms with E-state index in [9.17, 15) is 0 Å². The highest BCUT2D eigenvalue weighted by molar-refractivity contribution is 5.43. The minimum Gasteiger partial charge on any atom is -0.493 e. The van der Waals surface area contributed by atoms with Gasteiger partial charge in [-0.1, -0.05) is 13.0 Å². The fourth-order valence-corrected chi connectivity index (χ4v) is 2.22. The van der Waals surface area contributed by atoms with Crippen molar-refractivity contribution in [2.45, 2.75) is 45.1 Å². The summed E-state index contributed by atoms with van der Waals surface area (Å²) in [7, 11) is 1.70. The van der Waals surface area contributed by atoms with Crippen LogP contribution >= 0.6 is 0 Å². The molecule has 0 bridgehead atoms. The van der Waals surface area contributed by atoms with Crippen LogP contribution in [0.4, 0.5) is 0 Å². The molecule has 0 saturated heterocycles. The summed E-state index contributed by atoms with van der Waals surface area (Å²) >= 11 is 0. The van der Waals surface area contributed by atoms with Gasteiger partial charge in [0, 0.05) is 0 Å². The Morgan fingerprint density at radius 3 is 2.56 bits per heavy atom. The van der Waals surface area contributed by atoms with E-state index in [1.54, 1.807) is 7.11 Å². The standard InChI is InChI=1S/C14H20O2/c1-3-11-8-9-13(15-2)14(10-11)16-12-6-4-5-7-12/h8-10,12H,3-7H2,1-2H3. The van der Waals surface area contributed by atoms with Crippen molar-refractivity contribution in [1.82, 2.24) is 0 Å². The second-order valence-corrected chi connectivity index (χ2v) is 4.36. The molecule has 0 radical (unpaired) electrons. The van der Waals surface area contributed by atoms with E-state index >= 15 is 0 Å². The largest absolute Gasteiger partial charge is 0.493 e. The SMILES string of the molecule is CCc1ccc(OC)c(OC2CCCC2)c1. The number of ether oxygens (including phenoxy) is 2. The van der Waals surface area contributed by atoms with E-state index in [0.717, 1.165) is 17.9 Å². The van der Waals surface area contributed by atoms with Crippen molar-refractivity contribution in [1.29, 1.82) is 0 Å². The number of hydrogen-bond donors (Lipinski definition) is 0. The minimum atomic E-state index is 0.390. The summed E-state index contributed by atoms with van der Waals surface area (Å²) in [6, 6.07) is 6.21. The van der Waals surface area contributed by atoms with E-state index in [1.165, 1.54) is 31.2 Å². The normalized spacial score (nSPS) is 16.4. The van der Waals surface area contributed by atoms with Crippen molar-refractivity contribution < 1.29 is 9.47 Å². The first-order valence-electron chi connectivity index (χ1n) is 6.17. The molecular formula is C14H20O2. The first-order valence-corrected chi connectivity index (χ1v) is 6.17. The van der Waals surface area contributed by atoms with E-state index in [1.807, 2.05) is 6.07 Å². The van der Waals surface area contributed by atoms with Gasteiger partial charge in [-0.2, -0.15) is 0 Å². The van der Waals surface area contributed by atoms with Gasteiger partial charge in [0.2, 0.25) is 0 Å². The molecule has 0 unspecified atom stereocenters. The van der Waals surface area contributed by atoms with Crippen LogP contribution in [0, 0.1) is 0 Å². The highest BCUT2D eigenvalue weighted by atomic mass is 16.5. The van der Waals surface area contributed by atoms with Crippen molar-refractivity contribution in [2.24, 2.45) is 0 Å². The molecule has 16 heavy (non-hydrogen) atoms. The smallest absolute Gasteiger partial charge is 0.161 e. The number of benzene rings is 1. The first kappa shape index (κ1) is 11.3. The van der Waals surface area contributed by atoms with Gasteiger partial charge in [0.05, 0.1) is 13.2 Å². The molecule has 0 heterocycles. The van der Waals surface area contributed by atoms with Crippen LogP contribution in [0.5, 0.6) is 11.5 Å². The van der Waals surface area contributed by atoms with Gasteiger partial charge in [0.1, 0.15) is 0 Å². The van der Waals surface area contributed by atoms with Gasteiger partial charge in [0.15, 0.2) is 11.5 Å². The number of methoxy groups -OCH3 is 1. The van der Waals surface area contributed by atoms with Gasteiger partial charge in [-0.3, -0.25) is 0 Å². The first-order chi connectivity index (χ1) is 7.83. The van der Waals surface area contributed by atoms with Crippen LogP contribution in [-0.4, -0.2) is 13.2 Å². The Hall–Kier alpha value is -1.18. The number of rotatable bonds is 4. The molecular weight excluding hydrogens is 200 g/mol. The molecule has 2 rings (SSSR count). The Kier molecular flexibility index (Phi) is 3.70. The highest BCUT2D eigenvalue weighted by Gasteiger charge is 2.18. The summed E-state index contributed by atoms with van der Waals surface area (Å²) in [5.74, 6) is 1.76. The Labute approximate surface area is 97.6 Å². The minimum absolute atomic E-state index is 0.390. The topological polar surface area (TPSA) is 18.5 Å². The van der Waals surface area contributed by atoms with Crippen LogP contribution in [0.1, 0.15) is 38.2 Å². The Morgan fingerprint density at radius 2 is 1.94 bits per heavy atom. The molecule has 1 saturated carbocycles. The van der Waals surface area contributed by atoms with Gasteiger partial charge in [-0.25, -0.2) is 0 Å². The van der Waals surface area contributed by atoms with E-state index in [2.05, 4.69) is 19.1 Å². The van der Waals surface area contributed by atoms with Crippen LogP contribution in [0.15, 0.2) is 18.2 Å². The Bertz CT molecular complexity index is 341. The molecule has 1 aromatic rings. The molecule has 88 valence electrons. The predicted octanol–water partition coefficient (Wildman–Crippen LogP) is 3.58. The van der Waals surface area contributed by atoms with Gasteiger partial charge in [-0.15, -0.1) is 0 Å². The average molecular weight is 220 g/mol. The van der Waals surface area contributed by atoms with Gasteiger partial charge >= 0.3 is 0 Å². The molecule has 0 amide bonds. The fourth-order valence-electron chi connectivity index (χ4n) is 2.22.